The van der Waals surface area contributed by atoms with Crippen molar-refractivity contribution < 1.29 is 14.6 Å². The third kappa shape index (κ3) is 4.37. The Morgan fingerprint density at radius 3 is 2.55 bits per heavy atom. The molecule has 2 rings (SSSR count). The van der Waals surface area contributed by atoms with Crippen LogP contribution in [0.15, 0.2) is 24.3 Å². The van der Waals surface area contributed by atoms with Crippen LogP contribution in [-0.2, 0) is 4.74 Å². The van der Waals surface area contributed by atoms with E-state index in [0.29, 0.717) is 18.1 Å². The van der Waals surface area contributed by atoms with E-state index in [1.165, 1.54) is 0 Å². The van der Waals surface area contributed by atoms with E-state index >= 15 is 0 Å². The van der Waals surface area contributed by atoms with Crippen LogP contribution < -0.4 is 0 Å². The third-order valence-electron chi connectivity index (χ3n) is 3.92. The first kappa shape index (κ1) is 17.1. The van der Waals surface area contributed by atoms with E-state index in [0.717, 1.165) is 12.0 Å². The van der Waals surface area contributed by atoms with Crippen LogP contribution in [0.2, 0.25) is 5.02 Å². The molecule has 1 fully saturated rings. The molecule has 122 valence electrons. The van der Waals surface area contributed by atoms with Crippen molar-refractivity contribution in [1.82, 2.24) is 4.90 Å². The predicted octanol–water partition coefficient (Wildman–Crippen LogP) is 3.67. The molecule has 0 unspecified atom stereocenters. The zero-order chi connectivity index (χ0) is 16.3. The molecule has 1 amide bonds. The number of benzene rings is 1. The molecule has 1 aliphatic heterocycles. The van der Waals surface area contributed by atoms with Crippen LogP contribution in [-0.4, -0.2) is 41.4 Å². The van der Waals surface area contributed by atoms with Crippen molar-refractivity contribution in [3.8, 4) is 0 Å². The van der Waals surface area contributed by atoms with Gasteiger partial charge in [-0.15, -0.1) is 0 Å². The Hall–Kier alpha value is -1.26. The molecular formula is C17H24ClNO3. The van der Waals surface area contributed by atoms with E-state index in [1.54, 1.807) is 4.90 Å². The average Bonchev–Trinajstić information content (AvgIpc) is 2.45. The van der Waals surface area contributed by atoms with E-state index in [4.69, 9.17) is 16.3 Å². The van der Waals surface area contributed by atoms with Crippen LogP contribution in [0.1, 0.15) is 38.7 Å². The van der Waals surface area contributed by atoms with Gasteiger partial charge in [-0.25, -0.2) is 4.79 Å². The van der Waals surface area contributed by atoms with Crippen molar-refractivity contribution in [2.24, 2.45) is 5.92 Å². The first-order valence-corrected chi connectivity index (χ1v) is 8.02. The van der Waals surface area contributed by atoms with Gasteiger partial charge in [-0.3, -0.25) is 0 Å². The number of amides is 1. The Bertz CT molecular complexity index is 510. The Morgan fingerprint density at radius 2 is 2.00 bits per heavy atom. The minimum absolute atomic E-state index is 0.0162. The van der Waals surface area contributed by atoms with Crippen LogP contribution in [0.3, 0.4) is 0 Å². The Balaban J connectivity index is 2.05. The summed E-state index contributed by atoms with van der Waals surface area (Å²) in [6.45, 7) is 6.77. The highest BCUT2D eigenvalue weighted by Crippen LogP contribution is 2.33. The highest BCUT2D eigenvalue weighted by Gasteiger charge is 2.33. The number of hydrogen-bond acceptors (Lipinski definition) is 3. The van der Waals surface area contributed by atoms with Crippen LogP contribution in [0.5, 0.6) is 0 Å². The summed E-state index contributed by atoms with van der Waals surface area (Å²) >= 11 is 5.93. The van der Waals surface area contributed by atoms with Gasteiger partial charge in [0, 0.05) is 30.6 Å². The second kappa shape index (κ2) is 6.88. The van der Waals surface area contributed by atoms with Crippen molar-refractivity contribution in [3.05, 3.63) is 34.9 Å². The number of likely N-dealkylation sites (tertiary alicyclic amines) is 1. The molecular weight excluding hydrogens is 302 g/mol. The average molecular weight is 326 g/mol. The smallest absolute Gasteiger partial charge is 0.410 e. The Labute approximate surface area is 137 Å². The summed E-state index contributed by atoms with van der Waals surface area (Å²) in [7, 11) is 0. The summed E-state index contributed by atoms with van der Waals surface area (Å²) in [6.07, 6.45) is 0.507. The number of halogens is 1. The van der Waals surface area contributed by atoms with Gasteiger partial charge in [-0.1, -0.05) is 23.7 Å². The molecule has 1 saturated heterocycles. The van der Waals surface area contributed by atoms with Crippen molar-refractivity contribution in [2.75, 3.05) is 19.7 Å². The van der Waals surface area contributed by atoms with Crippen molar-refractivity contribution in [3.63, 3.8) is 0 Å². The normalized spacial score (nSPS) is 22.5. The molecule has 22 heavy (non-hydrogen) atoms. The predicted molar refractivity (Wildman–Crippen MR) is 87.2 cm³/mol. The summed E-state index contributed by atoms with van der Waals surface area (Å²) in [6, 6.07) is 7.73. The number of carbonyl (C=O) groups is 1. The SMILES string of the molecule is CC(C)(C)OC(=O)N1CC[C@@H](c2ccc(Cl)cc2)[C@@H](CO)C1. The summed E-state index contributed by atoms with van der Waals surface area (Å²) < 4.78 is 5.41. The largest absolute Gasteiger partial charge is 0.444 e. The summed E-state index contributed by atoms with van der Waals surface area (Å²) in [5.41, 5.74) is 0.658. The number of carbonyl (C=O) groups excluding carboxylic acids is 1. The van der Waals surface area contributed by atoms with E-state index in [9.17, 15) is 9.90 Å². The molecule has 1 aromatic rings. The van der Waals surface area contributed by atoms with Crippen LogP contribution in [0.4, 0.5) is 4.79 Å². The van der Waals surface area contributed by atoms with Gasteiger partial charge in [0.15, 0.2) is 0 Å². The van der Waals surface area contributed by atoms with Gasteiger partial charge in [0.2, 0.25) is 0 Å². The molecule has 0 bridgehead atoms. The fourth-order valence-corrected chi connectivity index (χ4v) is 2.98. The molecule has 0 spiro atoms. The van der Waals surface area contributed by atoms with Gasteiger partial charge in [0.05, 0.1) is 0 Å². The molecule has 1 heterocycles. The number of rotatable bonds is 2. The van der Waals surface area contributed by atoms with E-state index in [-0.39, 0.29) is 24.5 Å². The lowest BCUT2D eigenvalue weighted by Gasteiger charge is -2.38. The molecule has 0 saturated carbocycles. The lowest BCUT2D eigenvalue weighted by molar-refractivity contribution is 0.0102. The van der Waals surface area contributed by atoms with E-state index in [2.05, 4.69) is 0 Å². The molecule has 0 aliphatic carbocycles. The molecule has 1 aromatic carbocycles. The fourth-order valence-electron chi connectivity index (χ4n) is 2.86. The Morgan fingerprint density at radius 1 is 1.36 bits per heavy atom. The van der Waals surface area contributed by atoms with E-state index < -0.39 is 5.60 Å². The highest BCUT2D eigenvalue weighted by molar-refractivity contribution is 6.30. The van der Waals surface area contributed by atoms with Crippen molar-refractivity contribution >= 4 is 17.7 Å². The van der Waals surface area contributed by atoms with Crippen molar-refractivity contribution in [1.29, 1.82) is 0 Å². The van der Waals surface area contributed by atoms with Crippen molar-refractivity contribution in [2.45, 2.75) is 38.7 Å². The lowest BCUT2D eigenvalue weighted by Crippen LogP contribution is -2.46. The molecule has 5 heteroatoms. The summed E-state index contributed by atoms with van der Waals surface area (Å²) in [5.74, 6) is 0.253. The monoisotopic (exact) mass is 325 g/mol. The van der Waals surface area contributed by atoms with E-state index in [1.807, 2.05) is 45.0 Å². The summed E-state index contributed by atoms with van der Waals surface area (Å²) in [4.78, 5) is 13.9. The highest BCUT2D eigenvalue weighted by atomic mass is 35.5. The van der Waals surface area contributed by atoms with Gasteiger partial charge >= 0.3 is 6.09 Å². The summed E-state index contributed by atoms with van der Waals surface area (Å²) in [5, 5.41) is 10.4. The topological polar surface area (TPSA) is 49.8 Å². The van der Waals surface area contributed by atoms with Gasteiger partial charge in [-0.2, -0.15) is 0 Å². The maximum atomic E-state index is 12.2. The number of aliphatic hydroxyl groups is 1. The minimum Gasteiger partial charge on any atom is -0.444 e. The third-order valence-corrected chi connectivity index (χ3v) is 4.17. The standard InChI is InChI=1S/C17H24ClNO3/c1-17(2,3)22-16(21)19-9-8-15(13(10-19)11-20)12-4-6-14(18)7-5-12/h4-7,13,15,20H,8-11H2,1-3H3/t13-,15+/m1/s1. The second-order valence-electron chi connectivity index (χ2n) is 6.82. The van der Waals surface area contributed by atoms with Crippen LogP contribution >= 0.6 is 11.6 Å². The molecule has 0 aromatic heterocycles. The van der Waals surface area contributed by atoms with Crippen LogP contribution in [0.25, 0.3) is 0 Å². The number of aliphatic hydroxyl groups excluding tert-OH is 1. The quantitative estimate of drug-likeness (QED) is 0.902. The first-order valence-electron chi connectivity index (χ1n) is 7.64. The lowest BCUT2D eigenvalue weighted by atomic mass is 9.81. The van der Waals surface area contributed by atoms with Gasteiger partial charge < -0.3 is 14.7 Å². The maximum Gasteiger partial charge on any atom is 0.410 e. The molecule has 4 nitrogen and oxygen atoms in total. The zero-order valence-corrected chi connectivity index (χ0v) is 14.1. The molecule has 1 N–H and O–H groups in total. The number of ether oxygens (including phenoxy) is 1. The molecule has 0 radical (unpaired) electrons. The minimum atomic E-state index is -0.501. The van der Waals surface area contributed by atoms with Gasteiger partial charge in [0.25, 0.3) is 0 Å². The second-order valence-corrected chi connectivity index (χ2v) is 7.25. The molecule has 1 aliphatic rings. The zero-order valence-electron chi connectivity index (χ0n) is 13.4. The van der Waals surface area contributed by atoms with Gasteiger partial charge in [-0.05, 0) is 50.8 Å². The van der Waals surface area contributed by atoms with Crippen LogP contribution in [0, 0.1) is 5.92 Å². The maximum absolute atomic E-state index is 12.2. The number of piperidine rings is 1. The number of nitrogens with zero attached hydrogens (tertiary/aromatic N) is 1. The first-order chi connectivity index (χ1) is 10.3. The fraction of sp³-hybridized carbons (Fsp3) is 0.588. The molecule has 2 atom stereocenters. The Kier molecular flexibility index (Phi) is 5.35. The number of hydrogen-bond donors (Lipinski definition) is 1. The van der Waals surface area contributed by atoms with Gasteiger partial charge in [0.1, 0.15) is 5.60 Å².